The second kappa shape index (κ2) is 9.02. The highest BCUT2D eigenvalue weighted by Gasteiger charge is 2.45. The number of ether oxygens (including phenoxy) is 4. The molecule has 1 fully saturated rings. The van der Waals surface area contributed by atoms with Crippen molar-refractivity contribution < 1.29 is 49.3 Å². The first kappa shape index (κ1) is 20.9. The quantitative estimate of drug-likeness (QED) is 0.368. The Kier molecular flexibility index (Phi) is 6.99. The van der Waals surface area contributed by atoms with Crippen LogP contribution in [0.3, 0.4) is 0 Å². The average molecular weight is 386 g/mol. The van der Waals surface area contributed by atoms with Gasteiger partial charge in [-0.25, -0.2) is 4.79 Å². The normalized spacial score (nSPS) is 28.1. The van der Waals surface area contributed by atoms with Crippen LogP contribution in [0.1, 0.15) is 5.56 Å². The zero-order valence-corrected chi connectivity index (χ0v) is 14.7. The van der Waals surface area contributed by atoms with E-state index in [1.807, 2.05) is 0 Å². The molecule has 0 aromatic heterocycles. The molecule has 1 saturated heterocycles. The van der Waals surface area contributed by atoms with Gasteiger partial charge in [0.05, 0.1) is 20.8 Å². The maximum absolute atomic E-state index is 10.7. The fourth-order valence-corrected chi connectivity index (χ4v) is 2.56. The van der Waals surface area contributed by atoms with Gasteiger partial charge in [0.15, 0.2) is 11.5 Å². The maximum Gasteiger partial charge on any atom is 0.328 e. The van der Waals surface area contributed by atoms with Crippen molar-refractivity contribution in [3.8, 4) is 17.2 Å². The first-order valence-corrected chi connectivity index (χ1v) is 7.96. The van der Waals surface area contributed by atoms with E-state index in [2.05, 4.69) is 0 Å². The lowest BCUT2D eigenvalue weighted by molar-refractivity contribution is -0.277. The number of carboxylic acid groups (broad SMARTS) is 1. The number of carbonyl (C=O) groups is 1. The fraction of sp³-hybridized carbons (Fsp3) is 0.471. The molecule has 1 aromatic carbocycles. The van der Waals surface area contributed by atoms with Crippen molar-refractivity contribution in [3.63, 3.8) is 0 Å². The summed E-state index contributed by atoms with van der Waals surface area (Å²) < 4.78 is 21.4. The molecule has 0 unspecified atom stereocenters. The lowest BCUT2D eigenvalue weighted by Gasteiger charge is -2.39. The second-order valence-corrected chi connectivity index (χ2v) is 5.74. The molecule has 0 amide bonds. The molecule has 0 saturated carbocycles. The number of rotatable bonds is 7. The number of methoxy groups -OCH3 is 2. The SMILES string of the molecule is COc1cc(/C=C/C(=O)O)cc(OC)c1O[C@@H]1O[C@H](CO)[C@@H](O)[C@H](O)[C@@H]1O. The van der Waals surface area contributed by atoms with E-state index < -0.39 is 43.3 Å². The van der Waals surface area contributed by atoms with Crippen LogP contribution in [0, 0.1) is 0 Å². The number of carboxylic acids is 1. The number of aliphatic hydroxyl groups is 4. The van der Waals surface area contributed by atoms with E-state index in [1.54, 1.807) is 0 Å². The van der Waals surface area contributed by atoms with Gasteiger partial charge in [-0.05, 0) is 23.8 Å². The van der Waals surface area contributed by atoms with Crippen molar-refractivity contribution in [3.05, 3.63) is 23.8 Å². The van der Waals surface area contributed by atoms with E-state index in [0.717, 1.165) is 6.08 Å². The molecule has 0 bridgehead atoms. The van der Waals surface area contributed by atoms with Gasteiger partial charge < -0.3 is 44.5 Å². The summed E-state index contributed by atoms with van der Waals surface area (Å²) in [6.45, 7) is -0.599. The molecule has 27 heavy (non-hydrogen) atoms. The molecule has 1 aromatic rings. The molecule has 10 nitrogen and oxygen atoms in total. The van der Waals surface area contributed by atoms with Crippen molar-refractivity contribution in [2.75, 3.05) is 20.8 Å². The predicted octanol–water partition coefficient (Wildman–Crippen LogP) is -1.02. The Labute approximate surface area is 154 Å². The van der Waals surface area contributed by atoms with Gasteiger partial charge in [0.1, 0.15) is 24.4 Å². The Bertz CT molecular complexity index is 661. The van der Waals surface area contributed by atoms with E-state index >= 15 is 0 Å². The zero-order valence-electron chi connectivity index (χ0n) is 14.7. The predicted molar refractivity (Wildman–Crippen MR) is 90.6 cm³/mol. The summed E-state index contributed by atoms with van der Waals surface area (Å²) in [5.74, 6) is -0.806. The zero-order chi connectivity index (χ0) is 20.1. The van der Waals surface area contributed by atoms with Gasteiger partial charge in [-0.2, -0.15) is 0 Å². The van der Waals surface area contributed by atoms with Crippen LogP contribution in [0.25, 0.3) is 6.08 Å². The molecule has 0 spiro atoms. The van der Waals surface area contributed by atoms with Crippen molar-refractivity contribution in [1.82, 2.24) is 0 Å². The smallest absolute Gasteiger partial charge is 0.328 e. The van der Waals surface area contributed by atoms with E-state index in [1.165, 1.54) is 32.4 Å². The third-order valence-electron chi connectivity index (χ3n) is 3.98. The highest BCUT2D eigenvalue weighted by molar-refractivity contribution is 5.85. The molecule has 5 atom stereocenters. The summed E-state index contributed by atoms with van der Waals surface area (Å²) in [5, 5.41) is 47.8. The maximum atomic E-state index is 10.7. The topological polar surface area (TPSA) is 155 Å². The highest BCUT2D eigenvalue weighted by atomic mass is 16.7. The number of aliphatic hydroxyl groups excluding tert-OH is 4. The molecule has 5 N–H and O–H groups in total. The molecular weight excluding hydrogens is 364 g/mol. The van der Waals surface area contributed by atoms with Crippen LogP contribution in [0.15, 0.2) is 18.2 Å². The van der Waals surface area contributed by atoms with Gasteiger partial charge in [0.2, 0.25) is 12.0 Å². The second-order valence-electron chi connectivity index (χ2n) is 5.74. The van der Waals surface area contributed by atoms with Gasteiger partial charge in [-0.15, -0.1) is 0 Å². The van der Waals surface area contributed by atoms with Crippen LogP contribution in [-0.2, 0) is 9.53 Å². The molecule has 1 aliphatic heterocycles. The third-order valence-corrected chi connectivity index (χ3v) is 3.98. The monoisotopic (exact) mass is 386 g/mol. The number of hydrogen-bond acceptors (Lipinski definition) is 9. The third kappa shape index (κ3) is 4.67. The molecule has 2 rings (SSSR count). The summed E-state index contributed by atoms with van der Waals surface area (Å²) in [5.41, 5.74) is 0.451. The summed E-state index contributed by atoms with van der Waals surface area (Å²) in [6, 6.07) is 2.95. The van der Waals surface area contributed by atoms with Gasteiger partial charge in [-0.1, -0.05) is 0 Å². The Morgan fingerprint density at radius 1 is 1.11 bits per heavy atom. The lowest BCUT2D eigenvalue weighted by Crippen LogP contribution is -2.60. The summed E-state index contributed by atoms with van der Waals surface area (Å²) in [7, 11) is 2.69. The van der Waals surface area contributed by atoms with Crippen LogP contribution < -0.4 is 14.2 Å². The minimum absolute atomic E-state index is 0.0248. The number of benzene rings is 1. The highest BCUT2D eigenvalue weighted by Crippen LogP contribution is 2.40. The minimum Gasteiger partial charge on any atom is -0.493 e. The largest absolute Gasteiger partial charge is 0.493 e. The Balaban J connectivity index is 2.35. The molecule has 1 heterocycles. The van der Waals surface area contributed by atoms with E-state index in [-0.39, 0.29) is 17.2 Å². The molecule has 10 heteroatoms. The fourth-order valence-electron chi connectivity index (χ4n) is 2.56. The molecule has 0 aliphatic carbocycles. The van der Waals surface area contributed by atoms with E-state index in [0.29, 0.717) is 5.56 Å². The van der Waals surface area contributed by atoms with Crippen LogP contribution in [-0.4, -0.2) is 83.0 Å². The minimum atomic E-state index is -1.61. The van der Waals surface area contributed by atoms with Crippen LogP contribution >= 0.6 is 0 Å². The van der Waals surface area contributed by atoms with Crippen molar-refractivity contribution in [1.29, 1.82) is 0 Å². The summed E-state index contributed by atoms with van der Waals surface area (Å²) in [4.78, 5) is 10.7. The molecule has 150 valence electrons. The average Bonchev–Trinajstić information content (AvgIpc) is 2.66. The van der Waals surface area contributed by atoms with Gasteiger partial charge in [-0.3, -0.25) is 0 Å². The van der Waals surface area contributed by atoms with Crippen molar-refractivity contribution >= 4 is 12.0 Å². The molecular formula is C17H22O10. The van der Waals surface area contributed by atoms with E-state index in [9.17, 15) is 25.2 Å². The summed E-state index contributed by atoms with van der Waals surface area (Å²) >= 11 is 0. The van der Waals surface area contributed by atoms with E-state index in [4.69, 9.17) is 24.1 Å². The van der Waals surface area contributed by atoms with Crippen molar-refractivity contribution in [2.45, 2.75) is 30.7 Å². The van der Waals surface area contributed by atoms with Crippen LogP contribution in [0.2, 0.25) is 0 Å². The van der Waals surface area contributed by atoms with Gasteiger partial charge in [0, 0.05) is 6.08 Å². The standard InChI is InChI=1S/C17H22O10/c1-24-9-5-8(3-4-12(19)20)6-10(25-2)16(9)27-17-15(23)14(22)13(21)11(7-18)26-17/h3-6,11,13-15,17-18,21-23H,7H2,1-2H3,(H,19,20)/b4-3+/t11-,13-,14+,15+,17+/m1/s1. The molecule has 1 aliphatic rings. The summed E-state index contributed by atoms with van der Waals surface area (Å²) in [6.07, 6.45) is -5.03. The lowest BCUT2D eigenvalue weighted by atomic mass is 9.99. The van der Waals surface area contributed by atoms with Crippen LogP contribution in [0.5, 0.6) is 17.2 Å². The first-order chi connectivity index (χ1) is 12.8. The first-order valence-electron chi connectivity index (χ1n) is 7.96. The Morgan fingerprint density at radius 2 is 1.70 bits per heavy atom. The molecule has 0 radical (unpaired) electrons. The van der Waals surface area contributed by atoms with Gasteiger partial charge >= 0.3 is 5.97 Å². The Morgan fingerprint density at radius 3 is 2.19 bits per heavy atom. The van der Waals surface area contributed by atoms with Gasteiger partial charge in [0.25, 0.3) is 0 Å². The Hall–Kier alpha value is -2.37. The van der Waals surface area contributed by atoms with Crippen LogP contribution in [0.4, 0.5) is 0 Å². The number of aliphatic carboxylic acids is 1. The number of hydrogen-bond donors (Lipinski definition) is 5. The van der Waals surface area contributed by atoms with Crippen molar-refractivity contribution in [2.24, 2.45) is 0 Å².